The average Bonchev–Trinajstić information content (AvgIpc) is 2.56. The Labute approximate surface area is 122 Å². The second-order valence-electron chi connectivity index (χ2n) is 5.39. The van der Waals surface area contributed by atoms with Gasteiger partial charge in [0.2, 0.25) is 5.91 Å². The molecule has 0 radical (unpaired) electrons. The SMILES string of the molecule is O=C(C1CCN(c2ncncc2F)CC1)N1CCOCC1. The van der Waals surface area contributed by atoms with Crippen molar-refractivity contribution in [2.45, 2.75) is 12.8 Å². The monoisotopic (exact) mass is 294 g/mol. The smallest absolute Gasteiger partial charge is 0.225 e. The van der Waals surface area contributed by atoms with Gasteiger partial charge in [-0.05, 0) is 12.8 Å². The summed E-state index contributed by atoms with van der Waals surface area (Å²) in [7, 11) is 0. The van der Waals surface area contributed by atoms with Crippen molar-refractivity contribution in [3.63, 3.8) is 0 Å². The van der Waals surface area contributed by atoms with E-state index < -0.39 is 5.82 Å². The standard InChI is InChI=1S/C14H19FN4O2/c15-12-9-16-10-17-13(12)18-3-1-11(2-4-18)14(20)19-5-7-21-8-6-19/h9-11H,1-8H2. The van der Waals surface area contributed by atoms with Gasteiger partial charge in [-0.2, -0.15) is 0 Å². The van der Waals surface area contributed by atoms with E-state index in [0.717, 1.165) is 12.8 Å². The molecule has 2 saturated heterocycles. The summed E-state index contributed by atoms with van der Waals surface area (Å²) in [5.41, 5.74) is 0. The molecule has 21 heavy (non-hydrogen) atoms. The van der Waals surface area contributed by atoms with Crippen LogP contribution in [-0.2, 0) is 9.53 Å². The van der Waals surface area contributed by atoms with Gasteiger partial charge in [-0.15, -0.1) is 0 Å². The fraction of sp³-hybridized carbons (Fsp3) is 0.643. The third-order valence-corrected chi connectivity index (χ3v) is 4.11. The first-order valence-electron chi connectivity index (χ1n) is 7.32. The van der Waals surface area contributed by atoms with Crippen LogP contribution in [-0.4, -0.2) is 60.2 Å². The van der Waals surface area contributed by atoms with E-state index in [4.69, 9.17) is 4.74 Å². The van der Waals surface area contributed by atoms with Gasteiger partial charge in [0.1, 0.15) is 6.33 Å². The van der Waals surface area contributed by atoms with Gasteiger partial charge in [0.15, 0.2) is 11.6 Å². The lowest BCUT2D eigenvalue weighted by atomic mass is 9.95. The van der Waals surface area contributed by atoms with Gasteiger partial charge < -0.3 is 14.5 Å². The maximum atomic E-state index is 13.7. The molecule has 0 bridgehead atoms. The lowest BCUT2D eigenvalue weighted by Crippen LogP contribution is -2.47. The molecular weight excluding hydrogens is 275 g/mol. The van der Waals surface area contributed by atoms with E-state index in [1.54, 1.807) is 0 Å². The van der Waals surface area contributed by atoms with E-state index in [1.165, 1.54) is 12.5 Å². The summed E-state index contributed by atoms with van der Waals surface area (Å²) < 4.78 is 18.9. The van der Waals surface area contributed by atoms with Gasteiger partial charge in [-0.25, -0.2) is 14.4 Å². The predicted molar refractivity (Wildman–Crippen MR) is 74.3 cm³/mol. The molecule has 2 fully saturated rings. The van der Waals surface area contributed by atoms with Gasteiger partial charge in [0, 0.05) is 32.1 Å². The van der Waals surface area contributed by atoms with Crippen molar-refractivity contribution in [1.82, 2.24) is 14.9 Å². The molecule has 0 unspecified atom stereocenters. The summed E-state index contributed by atoms with van der Waals surface area (Å²) in [6.07, 6.45) is 4.00. The molecule has 6 nitrogen and oxygen atoms in total. The van der Waals surface area contributed by atoms with Crippen molar-refractivity contribution in [1.29, 1.82) is 0 Å². The molecule has 2 aliphatic heterocycles. The second kappa shape index (κ2) is 6.34. The number of nitrogens with zero attached hydrogens (tertiary/aromatic N) is 4. The Bertz CT molecular complexity index is 500. The number of carbonyl (C=O) groups excluding carboxylic acids is 1. The molecule has 0 aromatic carbocycles. The largest absolute Gasteiger partial charge is 0.378 e. The minimum absolute atomic E-state index is 0.0317. The number of hydrogen-bond acceptors (Lipinski definition) is 5. The molecule has 1 amide bonds. The van der Waals surface area contributed by atoms with Gasteiger partial charge in [0.05, 0.1) is 19.4 Å². The first kappa shape index (κ1) is 14.2. The van der Waals surface area contributed by atoms with E-state index in [1.807, 2.05) is 9.80 Å². The van der Waals surface area contributed by atoms with Crippen molar-refractivity contribution < 1.29 is 13.9 Å². The maximum Gasteiger partial charge on any atom is 0.225 e. The minimum atomic E-state index is -0.407. The summed E-state index contributed by atoms with van der Waals surface area (Å²) in [6.45, 7) is 3.90. The number of hydrogen-bond donors (Lipinski definition) is 0. The number of carbonyl (C=O) groups is 1. The Balaban J connectivity index is 1.57. The van der Waals surface area contributed by atoms with Crippen LogP contribution in [0, 0.1) is 11.7 Å². The average molecular weight is 294 g/mol. The number of morpholine rings is 1. The maximum absolute atomic E-state index is 13.7. The minimum Gasteiger partial charge on any atom is -0.378 e. The normalized spacial score (nSPS) is 20.6. The Hall–Kier alpha value is -1.76. The molecule has 0 aliphatic carbocycles. The van der Waals surface area contributed by atoms with Crippen LogP contribution >= 0.6 is 0 Å². The fourth-order valence-corrected chi connectivity index (χ4v) is 2.92. The van der Waals surface area contributed by atoms with E-state index in [-0.39, 0.29) is 11.8 Å². The molecule has 0 spiro atoms. The summed E-state index contributed by atoms with van der Waals surface area (Å²) in [5, 5.41) is 0. The third kappa shape index (κ3) is 3.12. The van der Waals surface area contributed by atoms with Gasteiger partial charge in [0.25, 0.3) is 0 Å². The summed E-state index contributed by atoms with van der Waals surface area (Å²) >= 11 is 0. The predicted octanol–water partition coefficient (Wildman–Crippen LogP) is 0.691. The summed E-state index contributed by atoms with van der Waals surface area (Å²) in [6, 6.07) is 0. The second-order valence-corrected chi connectivity index (χ2v) is 5.39. The number of piperidine rings is 1. The Morgan fingerprint density at radius 1 is 1.24 bits per heavy atom. The third-order valence-electron chi connectivity index (χ3n) is 4.11. The Kier molecular flexibility index (Phi) is 4.28. The van der Waals surface area contributed by atoms with Crippen LogP contribution in [0.2, 0.25) is 0 Å². The number of aromatic nitrogens is 2. The van der Waals surface area contributed by atoms with Crippen LogP contribution in [0.25, 0.3) is 0 Å². The van der Waals surface area contributed by atoms with Crippen LogP contribution in [0.4, 0.5) is 10.2 Å². The number of amides is 1. The molecule has 0 saturated carbocycles. The van der Waals surface area contributed by atoms with Crippen LogP contribution in [0.15, 0.2) is 12.5 Å². The van der Waals surface area contributed by atoms with Gasteiger partial charge in [-0.3, -0.25) is 4.79 Å². The molecule has 7 heteroatoms. The molecule has 1 aromatic heterocycles. The van der Waals surface area contributed by atoms with Crippen LogP contribution in [0.3, 0.4) is 0 Å². The van der Waals surface area contributed by atoms with Gasteiger partial charge >= 0.3 is 0 Å². The quantitative estimate of drug-likeness (QED) is 0.803. The fourth-order valence-electron chi connectivity index (χ4n) is 2.92. The van der Waals surface area contributed by atoms with Crippen LogP contribution in [0.5, 0.6) is 0 Å². The highest BCUT2D eigenvalue weighted by Crippen LogP contribution is 2.24. The Morgan fingerprint density at radius 3 is 2.62 bits per heavy atom. The van der Waals surface area contributed by atoms with Crippen LogP contribution in [0.1, 0.15) is 12.8 Å². The molecular formula is C14H19FN4O2. The van der Waals surface area contributed by atoms with E-state index >= 15 is 0 Å². The van der Waals surface area contributed by atoms with Gasteiger partial charge in [-0.1, -0.05) is 0 Å². The summed E-state index contributed by atoms with van der Waals surface area (Å²) in [5.74, 6) is 0.170. The van der Waals surface area contributed by atoms with Crippen molar-refractivity contribution >= 4 is 11.7 Å². The lowest BCUT2D eigenvalue weighted by molar-refractivity contribution is -0.140. The topological polar surface area (TPSA) is 58.6 Å². The molecule has 3 rings (SSSR count). The van der Waals surface area contributed by atoms with Crippen molar-refractivity contribution in [2.75, 3.05) is 44.3 Å². The summed E-state index contributed by atoms with van der Waals surface area (Å²) in [4.78, 5) is 23.8. The van der Waals surface area contributed by atoms with Crippen molar-refractivity contribution in [3.05, 3.63) is 18.3 Å². The number of rotatable bonds is 2. The molecule has 0 atom stereocenters. The number of anilines is 1. The Morgan fingerprint density at radius 2 is 1.95 bits per heavy atom. The van der Waals surface area contributed by atoms with Crippen molar-refractivity contribution in [2.24, 2.45) is 5.92 Å². The van der Waals surface area contributed by atoms with E-state index in [0.29, 0.717) is 45.2 Å². The molecule has 114 valence electrons. The highest BCUT2D eigenvalue weighted by Gasteiger charge is 2.30. The van der Waals surface area contributed by atoms with E-state index in [9.17, 15) is 9.18 Å². The first-order valence-corrected chi connectivity index (χ1v) is 7.32. The highest BCUT2D eigenvalue weighted by atomic mass is 19.1. The van der Waals surface area contributed by atoms with E-state index in [2.05, 4.69) is 9.97 Å². The zero-order valence-corrected chi connectivity index (χ0v) is 11.9. The first-order chi connectivity index (χ1) is 10.3. The molecule has 1 aromatic rings. The highest BCUT2D eigenvalue weighted by molar-refractivity contribution is 5.79. The number of halogens is 1. The van der Waals surface area contributed by atoms with Crippen LogP contribution < -0.4 is 4.90 Å². The van der Waals surface area contributed by atoms with Crippen molar-refractivity contribution in [3.8, 4) is 0 Å². The molecule has 3 heterocycles. The molecule has 2 aliphatic rings. The zero-order valence-electron chi connectivity index (χ0n) is 11.9. The number of ether oxygens (including phenoxy) is 1. The lowest BCUT2D eigenvalue weighted by Gasteiger charge is -2.35. The molecule has 0 N–H and O–H groups in total. The zero-order chi connectivity index (χ0) is 14.7.